The van der Waals surface area contributed by atoms with Gasteiger partial charge in [0.15, 0.2) is 0 Å². The highest BCUT2D eigenvalue weighted by Gasteiger charge is 2.43. The molecule has 0 aromatic heterocycles. The summed E-state index contributed by atoms with van der Waals surface area (Å²) in [5.41, 5.74) is 5.65. The molecule has 0 aromatic rings. The first-order chi connectivity index (χ1) is 9.63. The Hall–Kier alpha value is -0.610. The third-order valence-corrected chi connectivity index (χ3v) is 5.44. The van der Waals surface area contributed by atoms with Gasteiger partial charge < -0.3 is 15.7 Å². The molecule has 0 aromatic carbocycles. The molecule has 2 aliphatic rings. The zero-order chi connectivity index (χ0) is 14.6. The van der Waals surface area contributed by atoms with Gasteiger partial charge in [0.05, 0.1) is 12.0 Å². The highest BCUT2D eigenvalue weighted by molar-refractivity contribution is 5.83. The molecular formula is C16H30N2O2. The number of carbonyl (C=O) groups excluding carboxylic acids is 1. The fourth-order valence-electron chi connectivity index (χ4n) is 3.90. The monoisotopic (exact) mass is 282 g/mol. The van der Waals surface area contributed by atoms with E-state index >= 15 is 0 Å². The van der Waals surface area contributed by atoms with Crippen molar-refractivity contribution in [2.45, 2.75) is 64.3 Å². The van der Waals surface area contributed by atoms with Gasteiger partial charge in [-0.3, -0.25) is 4.79 Å². The van der Waals surface area contributed by atoms with Crippen LogP contribution < -0.4 is 5.73 Å². The quantitative estimate of drug-likeness (QED) is 0.809. The number of aliphatic hydroxyl groups excluding tert-OH is 1. The molecule has 20 heavy (non-hydrogen) atoms. The summed E-state index contributed by atoms with van der Waals surface area (Å²) in [4.78, 5) is 15.0. The molecule has 0 unspecified atom stereocenters. The molecule has 0 bridgehead atoms. The van der Waals surface area contributed by atoms with Gasteiger partial charge in [-0.05, 0) is 44.4 Å². The highest BCUT2D eigenvalue weighted by Crippen LogP contribution is 2.40. The molecule has 0 atom stereocenters. The number of rotatable bonds is 5. The van der Waals surface area contributed by atoms with E-state index in [4.69, 9.17) is 5.73 Å². The van der Waals surface area contributed by atoms with Crippen molar-refractivity contribution in [3.63, 3.8) is 0 Å². The van der Waals surface area contributed by atoms with Crippen LogP contribution in [0, 0.1) is 11.3 Å². The third-order valence-electron chi connectivity index (χ3n) is 5.44. The maximum Gasteiger partial charge on any atom is 0.230 e. The Labute approximate surface area is 122 Å². The molecule has 3 N–H and O–H groups in total. The SMILES string of the molecule is CC1CCC(CN)(C(=O)N(CCO)C2CCCC2)CC1. The van der Waals surface area contributed by atoms with Gasteiger partial charge in [0.1, 0.15) is 0 Å². The molecule has 2 fully saturated rings. The molecule has 0 heterocycles. The lowest BCUT2D eigenvalue weighted by atomic mass is 9.69. The second-order valence-corrected chi connectivity index (χ2v) is 6.83. The Balaban J connectivity index is 2.11. The molecule has 2 saturated carbocycles. The minimum absolute atomic E-state index is 0.0549. The number of amides is 1. The van der Waals surface area contributed by atoms with Crippen LogP contribution in [0.25, 0.3) is 0 Å². The molecule has 2 aliphatic carbocycles. The molecule has 1 amide bonds. The van der Waals surface area contributed by atoms with Crippen LogP contribution in [0.5, 0.6) is 0 Å². The molecule has 4 heteroatoms. The number of nitrogens with zero attached hydrogens (tertiary/aromatic N) is 1. The second kappa shape index (κ2) is 6.90. The molecule has 0 aliphatic heterocycles. The van der Waals surface area contributed by atoms with E-state index in [9.17, 15) is 9.90 Å². The van der Waals surface area contributed by atoms with Crippen LogP contribution >= 0.6 is 0 Å². The van der Waals surface area contributed by atoms with Gasteiger partial charge in [-0.1, -0.05) is 19.8 Å². The van der Waals surface area contributed by atoms with Gasteiger partial charge in [0.25, 0.3) is 0 Å². The van der Waals surface area contributed by atoms with Gasteiger partial charge in [-0.2, -0.15) is 0 Å². The van der Waals surface area contributed by atoms with E-state index in [-0.39, 0.29) is 17.9 Å². The van der Waals surface area contributed by atoms with E-state index in [1.54, 1.807) is 0 Å². The van der Waals surface area contributed by atoms with Gasteiger partial charge in [0, 0.05) is 19.1 Å². The van der Waals surface area contributed by atoms with Crippen LogP contribution in [0.4, 0.5) is 0 Å². The fraction of sp³-hybridized carbons (Fsp3) is 0.938. The number of aliphatic hydroxyl groups is 1. The van der Waals surface area contributed by atoms with Crippen molar-refractivity contribution in [1.29, 1.82) is 0 Å². The molecular weight excluding hydrogens is 252 g/mol. The van der Waals surface area contributed by atoms with Crippen molar-refractivity contribution in [3.05, 3.63) is 0 Å². The molecule has 4 nitrogen and oxygen atoms in total. The predicted octanol–water partition coefficient (Wildman–Crippen LogP) is 1.91. The predicted molar refractivity (Wildman–Crippen MR) is 80.2 cm³/mol. The Morgan fingerprint density at radius 1 is 1.25 bits per heavy atom. The Morgan fingerprint density at radius 2 is 1.85 bits per heavy atom. The van der Waals surface area contributed by atoms with Crippen LogP contribution in [0.15, 0.2) is 0 Å². The van der Waals surface area contributed by atoms with E-state index in [0.29, 0.717) is 25.0 Å². The lowest BCUT2D eigenvalue weighted by molar-refractivity contribution is -0.147. The van der Waals surface area contributed by atoms with Crippen LogP contribution in [0.2, 0.25) is 0 Å². The van der Waals surface area contributed by atoms with E-state index in [1.807, 2.05) is 4.90 Å². The van der Waals surface area contributed by atoms with Gasteiger partial charge in [0.2, 0.25) is 5.91 Å². The Kier molecular flexibility index (Phi) is 5.44. The zero-order valence-electron chi connectivity index (χ0n) is 12.8. The third kappa shape index (κ3) is 3.17. The Bertz CT molecular complexity index is 318. The minimum atomic E-state index is -0.357. The van der Waals surface area contributed by atoms with E-state index in [0.717, 1.165) is 38.5 Å². The normalized spacial score (nSPS) is 31.4. The van der Waals surface area contributed by atoms with Crippen molar-refractivity contribution in [3.8, 4) is 0 Å². The maximum absolute atomic E-state index is 13.1. The first-order valence-electron chi connectivity index (χ1n) is 8.25. The van der Waals surface area contributed by atoms with Gasteiger partial charge in [-0.25, -0.2) is 0 Å². The lowest BCUT2D eigenvalue weighted by Gasteiger charge is -2.42. The van der Waals surface area contributed by atoms with Crippen molar-refractivity contribution in [1.82, 2.24) is 4.90 Å². The summed E-state index contributed by atoms with van der Waals surface area (Å²) < 4.78 is 0. The first kappa shape index (κ1) is 15.8. The average Bonchev–Trinajstić information content (AvgIpc) is 2.99. The van der Waals surface area contributed by atoms with Crippen molar-refractivity contribution in [2.75, 3.05) is 19.7 Å². The highest BCUT2D eigenvalue weighted by atomic mass is 16.3. The maximum atomic E-state index is 13.1. The van der Waals surface area contributed by atoms with E-state index < -0.39 is 0 Å². The van der Waals surface area contributed by atoms with Crippen molar-refractivity contribution in [2.24, 2.45) is 17.1 Å². The van der Waals surface area contributed by atoms with Crippen LogP contribution in [0.3, 0.4) is 0 Å². The fourth-order valence-corrected chi connectivity index (χ4v) is 3.90. The number of nitrogens with two attached hydrogens (primary N) is 1. The van der Waals surface area contributed by atoms with Gasteiger partial charge >= 0.3 is 0 Å². The van der Waals surface area contributed by atoms with Crippen molar-refractivity contribution >= 4 is 5.91 Å². The van der Waals surface area contributed by atoms with Crippen LogP contribution in [-0.4, -0.2) is 41.7 Å². The van der Waals surface area contributed by atoms with Crippen molar-refractivity contribution < 1.29 is 9.90 Å². The zero-order valence-corrected chi connectivity index (χ0v) is 12.8. The standard InChI is InChI=1S/C16H30N2O2/c1-13-6-8-16(12-17,9-7-13)15(20)18(10-11-19)14-4-2-3-5-14/h13-14,19H,2-12,17H2,1H3. The van der Waals surface area contributed by atoms with Gasteiger partial charge in [-0.15, -0.1) is 0 Å². The van der Waals surface area contributed by atoms with E-state index in [2.05, 4.69) is 6.92 Å². The number of hydrogen-bond acceptors (Lipinski definition) is 3. The second-order valence-electron chi connectivity index (χ2n) is 6.83. The number of carbonyl (C=O) groups is 1. The molecule has 0 saturated heterocycles. The largest absolute Gasteiger partial charge is 0.395 e. The summed E-state index contributed by atoms with van der Waals surface area (Å²) in [6.07, 6.45) is 8.60. The smallest absolute Gasteiger partial charge is 0.230 e. The lowest BCUT2D eigenvalue weighted by Crippen LogP contribution is -2.53. The molecule has 2 rings (SSSR count). The minimum Gasteiger partial charge on any atom is -0.395 e. The first-order valence-corrected chi connectivity index (χ1v) is 8.25. The summed E-state index contributed by atoms with van der Waals surface area (Å²) in [5, 5.41) is 9.32. The summed E-state index contributed by atoms with van der Waals surface area (Å²) in [6.45, 7) is 3.24. The summed E-state index contributed by atoms with van der Waals surface area (Å²) in [7, 11) is 0. The van der Waals surface area contributed by atoms with Crippen LogP contribution in [-0.2, 0) is 4.79 Å². The average molecular weight is 282 g/mol. The van der Waals surface area contributed by atoms with Crippen LogP contribution in [0.1, 0.15) is 58.3 Å². The summed E-state index contributed by atoms with van der Waals surface area (Å²) in [6, 6.07) is 0.331. The summed E-state index contributed by atoms with van der Waals surface area (Å²) >= 11 is 0. The molecule has 0 radical (unpaired) electrons. The molecule has 0 spiro atoms. The number of hydrogen-bond donors (Lipinski definition) is 2. The van der Waals surface area contributed by atoms with E-state index in [1.165, 1.54) is 12.8 Å². The topological polar surface area (TPSA) is 66.6 Å². The summed E-state index contributed by atoms with van der Waals surface area (Å²) in [5.74, 6) is 0.924. The molecule has 116 valence electrons. The Morgan fingerprint density at radius 3 is 2.35 bits per heavy atom.